The van der Waals surface area contributed by atoms with Crippen molar-refractivity contribution >= 4 is 0 Å². The predicted molar refractivity (Wildman–Crippen MR) is 87.2 cm³/mol. The predicted octanol–water partition coefficient (Wildman–Crippen LogP) is 1.09. The Balaban J connectivity index is 1.43. The summed E-state index contributed by atoms with van der Waals surface area (Å²) in [6.45, 7) is 3.66. The van der Waals surface area contributed by atoms with Crippen LogP contribution < -0.4 is 16.0 Å². The minimum Gasteiger partial charge on any atom is -0.314 e. The van der Waals surface area contributed by atoms with Crippen molar-refractivity contribution in [1.82, 2.24) is 25.9 Å². The van der Waals surface area contributed by atoms with Gasteiger partial charge in [-0.15, -0.1) is 0 Å². The minimum absolute atomic E-state index is 0.469. The molecular formula is C17H23N5. The van der Waals surface area contributed by atoms with Crippen LogP contribution in [0.1, 0.15) is 17.8 Å². The summed E-state index contributed by atoms with van der Waals surface area (Å²) in [6.07, 6.45) is 4.80. The molecular weight excluding hydrogens is 274 g/mol. The zero-order valence-corrected chi connectivity index (χ0v) is 12.7. The Morgan fingerprint density at radius 3 is 1.86 bits per heavy atom. The second-order valence-corrected chi connectivity index (χ2v) is 5.69. The third kappa shape index (κ3) is 4.59. The van der Waals surface area contributed by atoms with Gasteiger partial charge in [0.05, 0.1) is 11.4 Å². The summed E-state index contributed by atoms with van der Waals surface area (Å²) in [7, 11) is 0. The van der Waals surface area contributed by atoms with Gasteiger partial charge in [-0.1, -0.05) is 12.1 Å². The van der Waals surface area contributed by atoms with Gasteiger partial charge in [-0.2, -0.15) is 0 Å². The van der Waals surface area contributed by atoms with Crippen LogP contribution in [0.25, 0.3) is 0 Å². The molecule has 0 amide bonds. The summed E-state index contributed by atoms with van der Waals surface area (Å²) in [5, 5.41) is 10.7. The molecule has 5 heteroatoms. The SMILES string of the molecule is c1ccc(CN[C@@H]2CNC[C@H](NCc3ccccn3)C2)nc1. The molecule has 3 heterocycles. The van der Waals surface area contributed by atoms with Gasteiger partial charge in [0, 0.05) is 50.7 Å². The highest BCUT2D eigenvalue weighted by atomic mass is 15.1. The van der Waals surface area contributed by atoms with E-state index in [4.69, 9.17) is 0 Å². The van der Waals surface area contributed by atoms with E-state index in [2.05, 4.69) is 38.1 Å². The maximum absolute atomic E-state index is 4.35. The Labute approximate surface area is 131 Å². The fourth-order valence-electron chi connectivity index (χ4n) is 2.76. The van der Waals surface area contributed by atoms with Crippen LogP contribution in [-0.2, 0) is 13.1 Å². The molecule has 22 heavy (non-hydrogen) atoms. The van der Waals surface area contributed by atoms with Gasteiger partial charge in [0.25, 0.3) is 0 Å². The van der Waals surface area contributed by atoms with E-state index in [1.165, 1.54) is 0 Å². The summed E-state index contributed by atoms with van der Waals surface area (Å²) >= 11 is 0. The van der Waals surface area contributed by atoms with Crippen molar-refractivity contribution in [3.05, 3.63) is 60.2 Å². The summed E-state index contributed by atoms with van der Waals surface area (Å²) < 4.78 is 0. The van der Waals surface area contributed by atoms with Crippen LogP contribution in [0.3, 0.4) is 0 Å². The minimum atomic E-state index is 0.469. The van der Waals surface area contributed by atoms with Crippen molar-refractivity contribution in [3.8, 4) is 0 Å². The molecule has 0 bridgehead atoms. The molecule has 2 aromatic rings. The van der Waals surface area contributed by atoms with E-state index in [0.717, 1.165) is 44.0 Å². The maximum atomic E-state index is 4.35. The van der Waals surface area contributed by atoms with Gasteiger partial charge in [-0.3, -0.25) is 9.97 Å². The number of aromatic nitrogens is 2. The van der Waals surface area contributed by atoms with E-state index in [1.54, 1.807) is 0 Å². The summed E-state index contributed by atoms with van der Waals surface area (Å²) in [5.41, 5.74) is 2.18. The first-order chi connectivity index (χ1) is 10.9. The third-order valence-corrected chi connectivity index (χ3v) is 3.95. The zero-order valence-electron chi connectivity index (χ0n) is 12.7. The Morgan fingerprint density at radius 1 is 0.864 bits per heavy atom. The lowest BCUT2D eigenvalue weighted by Gasteiger charge is -2.31. The standard InChI is InChI=1S/C17H23N5/c1-3-7-19-14(5-1)12-21-16-9-17(11-18-10-16)22-13-15-6-2-4-8-20-15/h1-8,16-18,21-22H,9-13H2/t16-,17+. The molecule has 1 aliphatic heterocycles. The van der Waals surface area contributed by atoms with Gasteiger partial charge in [-0.05, 0) is 30.7 Å². The van der Waals surface area contributed by atoms with Gasteiger partial charge in [-0.25, -0.2) is 0 Å². The van der Waals surface area contributed by atoms with Crippen LogP contribution in [0.5, 0.6) is 0 Å². The molecule has 0 unspecified atom stereocenters. The molecule has 3 rings (SSSR count). The van der Waals surface area contributed by atoms with Crippen molar-refractivity contribution in [2.24, 2.45) is 0 Å². The average molecular weight is 297 g/mol. The summed E-state index contributed by atoms with van der Waals surface area (Å²) in [5.74, 6) is 0. The normalized spacial score (nSPS) is 21.6. The summed E-state index contributed by atoms with van der Waals surface area (Å²) in [6, 6.07) is 13.0. The van der Waals surface area contributed by atoms with Gasteiger partial charge < -0.3 is 16.0 Å². The first kappa shape index (κ1) is 15.1. The molecule has 1 fully saturated rings. The van der Waals surface area contributed by atoms with E-state index < -0.39 is 0 Å². The number of nitrogens with zero attached hydrogens (tertiary/aromatic N) is 2. The molecule has 0 radical (unpaired) electrons. The molecule has 2 atom stereocenters. The number of hydrogen-bond acceptors (Lipinski definition) is 5. The zero-order chi connectivity index (χ0) is 15.0. The number of pyridine rings is 2. The van der Waals surface area contributed by atoms with Crippen LogP contribution in [0.2, 0.25) is 0 Å². The molecule has 2 aromatic heterocycles. The smallest absolute Gasteiger partial charge is 0.0541 e. The number of rotatable bonds is 6. The first-order valence-corrected chi connectivity index (χ1v) is 7.87. The topological polar surface area (TPSA) is 61.9 Å². The molecule has 0 spiro atoms. The number of piperidine rings is 1. The van der Waals surface area contributed by atoms with Gasteiger partial charge in [0.15, 0.2) is 0 Å². The molecule has 116 valence electrons. The molecule has 0 saturated carbocycles. The Hall–Kier alpha value is -1.82. The molecule has 5 nitrogen and oxygen atoms in total. The lowest BCUT2D eigenvalue weighted by molar-refractivity contribution is 0.315. The van der Waals surface area contributed by atoms with E-state index in [0.29, 0.717) is 12.1 Å². The highest BCUT2D eigenvalue weighted by Crippen LogP contribution is 2.06. The highest BCUT2D eigenvalue weighted by molar-refractivity contribution is 5.04. The fraction of sp³-hybridized carbons (Fsp3) is 0.412. The molecule has 3 N–H and O–H groups in total. The van der Waals surface area contributed by atoms with Gasteiger partial charge in [0.1, 0.15) is 0 Å². The van der Waals surface area contributed by atoms with Crippen molar-refractivity contribution in [3.63, 3.8) is 0 Å². The van der Waals surface area contributed by atoms with Gasteiger partial charge in [0.2, 0.25) is 0 Å². The van der Waals surface area contributed by atoms with E-state index >= 15 is 0 Å². The summed E-state index contributed by atoms with van der Waals surface area (Å²) in [4.78, 5) is 8.70. The maximum Gasteiger partial charge on any atom is 0.0541 e. The van der Waals surface area contributed by atoms with E-state index in [-0.39, 0.29) is 0 Å². The first-order valence-electron chi connectivity index (χ1n) is 7.87. The number of hydrogen-bond donors (Lipinski definition) is 3. The monoisotopic (exact) mass is 297 g/mol. The van der Waals surface area contributed by atoms with Crippen molar-refractivity contribution in [2.45, 2.75) is 31.6 Å². The van der Waals surface area contributed by atoms with Gasteiger partial charge >= 0.3 is 0 Å². The second kappa shape index (κ2) is 7.98. The van der Waals surface area contributed by atoms with E-state index in [1.807, 2.05) is 36.7 Å². The fourth-order valence-corrected chi connectivity index (χ4v) is 2.76. The Morgan fingerprint density at radius 2 is 1.41 bits per heavy atom. The molecule has 0 aromatic carbocycles. The third-order valence-electron chi connectivity index (χ3n) is 3.95. The Bertz CT molecular complexity index is 496. The highest BCUT2D eigenvalue weighted by Gasteiger charge is 2.20. The van der Waals surface area contributed by atoms with Crippen LogP contribution >= 0.6 is 0 Å². The Kier molecular flexibility index (Phi) is 5.48. The quantitative estimate of drug-likeness (QED) is 0.745. The average Bonchev–Trinajstić information content (AvgIpc) is 2.60. The second-order valence-electron chi connectivity index (χ2n) is 5.69. The van der Waals surface area contributed by atoms with Crippen LogP contribution in [-0.4, -0.2) is 35.1 Å². The molecule has 0 aliphatic carbocycles. The molecule has 1 aliphatic rings. The van der Waals surface area contributed by atoms with Crippen molar-refractivity contribution in [2.75, 3.05) is 13.1 Å². The van der Waals surface area contributed by atoms with E-state index in [9.17, 15) is 0 Å². The molecule has 1 saturated heterocycles. The van der Waals surface area contributed by atoms with Crippen LogP contribution in [0.4, 0.5) is 0 Å². The largest absolute Gasteiger partial charge is 0.314 e. The lowest BCUT2D eigenvalue weighted by Crippen LogP contribution is -2.53. The van der Waals surface area contributed by atoms with Crippen LogP contribution in [0, 0.1) is 0 Å². The van der Waals surface area contributed by atoms with Crippen molar-refractivity contribution in [1.29, 1.82) is 0 Å². The van der Waals surface area contributed by atoms with Crippen LogP contribution in [0.15, 0.2) is 48.8 Å². The van der Waals surface area contributed by atoms with Crippen molar-refractivity contribution < 1.29 is 0 Å². The lowest BCUT2D eigenvalue weighted by atomic mass is 10.0. The number of nitrogens with one attached hydrogen (secondary N) is 3.